The maximum Gasteiger partial charge on any atom is 0.214 e. The quantitative estimate of drug-likeness (QED) is 0.569. The second-order valence-corrected chi connectivity index (χ2v) is 3.94. The Morgan fingerprint density at radius 1 is 1.18 bits per heavy atom. The molecule has 2 aromatic rings. The summed E-state index contributed by atoms with van der Waals surface area (Å²) < 4.78 is 12.8. The van der Waals surface area contributed by atoms with E-state index in [1.165, 1.54) is 11.6 Å². The zero-order valence-electron chi connectivity index (χ0n) is 9.81. The molecule has 0 radical (unpaired) electrons. The summed E-state index contributed by atoms with van der Waals surface area (Å²) in [6.07, 6.45) is 1.70. The highest BCUT2D eigenvalue weighted by Gasteiger charge is 1.96. The van der Waals surface area contributed by atoms with E-state index in [4.69, 9.17) is 0 Å². The summed E-state index contributed by atoms with van der Waals surface area (Å²) in [5.74, 6) is -0.134. The van der Waals surface area contributed by atoms with Gasteiger partial charge < -0.3 is 0 Å². The maximum atomic E-state index is 12.8. The molecule has 2 rings (SSSR count). The molecular weight excluding hydrogens is 215 g/mol. The van der Waals surface area contributed by atoms with Gasteiger partial charge in [-0.2, -0.15) is 4.39 Å². The summed E-state index contributed by atoms with van der Waals surface area (Å²) in [5.41, 5.74) is 3.37. The third-order valence-electron chi connectivity index (χ3n) is 2.46. The number of halogens is 1. The Bertz CT molecular complexity index is 562. The number of benzene rings is 1. The molecule has 1 aromatic heterocycles. The predicted molar refractivity (Wildman–Crippen MR) is 67.4 cm³/mol. The predicted octanol–water partition coefficient (Wildman–Crippen LogP) is 3.59. The molecule has 0 atom stereocenters. The zero-order chi connectivity index (χ0) is 12.3. The molecule has 0 N–H and O–H groups in total. The van der Waals surface area contributed by atoms with Gasteiger partial charge in [-0.25, -0.2) is 9.98 Å². The molecule has 0 aliphatic rings. The minimum atomic E-state index is -0.514. The van der Waals surface area contributed by atoms with Gasteiger partial charge in [-0.3, -0.25) is 0 Å². The fourth-order valence-corrected chi connectivity index (χ4v) is 1.58. The van der Waals surface area contributed by atoms with E-state index in [0.29, 0.717) is 5.82 Å². The summed E-state index contributed by atoms with van der Waals surface area (Å²) in [5, 5.41) is 0. The Balaban J connectivity index is 2.26. The topological polar surface area (TPSA) is 25.2 Å². The third kappa shape index (κ3) is 2.97. The lowest BCUT2D eigenvalue weighted by Gasteiger charge is -2.00. The number of hydrogen-bond donors (Lipinski definition) is 0. The van der Waals surface area contributed by atoms with Crippen LogP contribution in [0.15, 0.2) is 41.4 Å². The molecule has 1 aromatic carbocycles. The second kappa shape index (κ2) is 4.87. The molecule has 0 amide bonds. The summed E-state index contributed by atoms with van der Waals surface area (Å²) in [7, 11) is 0. The molecule has 0 fully saturated rings. The Morgan fingerprint density at radius 2 is 2.00 bits per heavy atom. The monoisotopic (exact) mass is 228 g/mol. The van der Waals surface area contributed by atoms with Crippen LogP contribution < -0.4 is 0 Å². The molecule has 0 aliphatic heterocycles. The number of hydrogen-bond acceptors (Lipinski definition) is 2. The Labute approximate surface area is 99.9 Å². The SMILES string of the molecule is Cc1ccc(C=Nc2cccc(F)n2)c(C)c1. The highest BCUT2D eigenvalue weighted by molar-refractivity contribution is 5.83. The average molecular weight is 228 g/mol. The number of rotatable bonds is 2. The highest BCUT2D eigenvalue weighted by atomic mass is 19.1. The molecule has 0 unspecified atom stereocenters. The molecule has 0 saturated carbocycles. The second-order valence-electron chi connectivity index (χ2n) is 3.94. The van der Waals surface area contributed by atoms with Crippen LogP contribution in [0.2, 0.25) is 0 Å². The zero-order valence-corrected chi connectivity index (χ0v) is 9.81. The number of pyridine rings is 1. The number of aromatic nitrogens is 1. The van der Waals surface area contributed by atoms with Crippen molar-refractivity contribution in [2.45, 2.75) is 13.8 Å². The molecule has 3 heteroatoms. The molecular formula is C14H13FN2. The van der Waals surface area contributed by atoms with Gasteiger partial charge in [0, 0.05) is 6.21 Å². The van der Waals surface area contributed by atoms with Crippen LogP contribution >= 0.6 is 0 Å². The minimum Gasteiger partial charge on any atom is -0.236 e. The summed E-state index contributed by atoms with van der Waals surface area (Å²) in [6.45, 7) is 4.06. The Morgan fingerprint density at radius 3 is 2.71 bits per heavy atom. The normalized spacial score (nSPS) is 11.0. The van der Waals surface area contributed by atoms with Crippen LogP contribution in [0.4, 0.5) is 10.2 Å². The van der Waals surface area contributed by atoms with Crippen molar-refractivity contribution < 1.29 is 4.39 Å². The number of aliphatic imine (C=N–C) groups is 1. The van der Waals surface area contributed by atoms with Crippen LogP contribution in [-0.4, -0.2) is 11.2 Å². The first-order valence-electron chi connectivity index (χ1n) is 5.39. The van der Waals surface area contributed by atoms with Gasteiger partial charge in [0.05, 0.1) is 0 Å². The minimum absolute atomic E-state index is 0.380. The molecule has 0 bridgehead atoms. The lowest BCUT2D eigenvalue weighted by atomic mass is 10.1. The lowest BCUT2D eigenvalue weighted by Crippen LogP contribution is -1.88. The van der Waals surface area contributed by atoms with Crippen molar-refractivity contribution in [2.24, 2.45) is 4.99 Å². The van der Waals surface area contributed by atoms with Crippen molar-refractivity contribution in [3.63, 3.8) is 0 Å². The fourth-order valence-electron chi connectivity index (χ4n) is 1.58. The van der Waals surface area contributed by atoms with Crippen LogP contribution in [0.1, 0.15) is 16.7 Å². The van der Waals surface area contributed by atoms with Crippen molar-refractivity contribution in [1.29, 1.82) is 0 Å². The molecule has 2 nitrogen and oxygen atoms in total. The van der Waals surface area contributed by atoms with Crippen molar-refractivity contribution in [3.8, 4) is 0 Å². The molecule has 86 valence electrons. The first-order chi connectivity index (χ1) is 8.15. The van der Waals surface area contributed by atoms with Crippen molar-refractivity contribution in [3.05, 3.63) is 59.0 Å². The summed E-state index contributed by atoms with van der Waals surface area (Å²) in [6, 6.07) is 10.7. The van der Waals surface area contributed by atoms with E-state index in [2.05, 4.69) is 16.0 Å². The van der Waals surface area contributed by atoms with E-state index in [1.807, 2.05) is 26.0 Å². The lowest BCUT2D eigenvalue weighted by molar-refractivity contribution is 0.585. The first kappa shape index (κ1) is 11.5. The summed E-state index contributed by atoms with van der Waals surface area (Å²) >= 11 is 0. The van der Waals surface area contributed by atoms with E-state index < -0.39 is 5.95 Å². The Hall–Kier alpha value is -2.03. The largest absolute Gasteiger partial charge is 0.236 e. The molecule has 0 spiro atoms. The van der Waals surface area contributed by atoms with Gasteiger partial charge in [-0.15, -0.1) is 0 Å². The summed E-state index contributed by atoms with van der Waals surface area (Å²) in [4.78, 5) is 7.82. The maximum absolute atomic E-state index is 12.8. The average Bonchev–Trinajstić information content (AvgIpc) is 2.28. The molecule has 0 aliphatic carbocycles. The Kier molecular flexibility index (Phi) is 3.28. The van der Waals surface area contributed by atoms with Crippen molar-refractivity contribution in [1.82, 2.24) is 4.98 Å². The van der Waals surface area contributed by atoms with Gasteiger partial charge in [0.2, 0.25) is 5.95 Å². The highest BCUT2D eigenvalue weighted by Crippen LogP contribution is 2.11. The molecule has 17 heavy (non-hydrogen) atoms. The standard InChI is InChI=1S/C14H13FN2/c1-10-6-7-12(11(2)8-10)9-16-14-5-3-4-13(15)17-14/h3-9H,1-2H3. The smallest absolute Gasteiger partial charge is 0.214 e. The van der Waals surface area contributed by atoms with Crippen LogP contribution in [-0.2, 0) is 0 Å². The van der Waals surface area contributed by atoms with Crippen molar-refractivity contribution >= 4 is 12.0 Å². The molecule has 0 saturated heterocycles. The first-order valence-corrected chi connectivity index (χ1v) is 5.39. The van der Waals surface area contributed by atoms with Gasteiger partial charge in [-0.1, -0.05) is 29.8 Å². The van der Waals surface area contributed by atoms with E-state index in [1.54, 1.807) is 18.3 Å². The fraction of sp³-hybridized carbons (Fsp3) is 0.143. The van der Waals surface area contributed by atoms with E-state index >= 15 is 0 Å². The van der Waals surface area contributed by atoms with E-state index in [0.717, 1.165) is 11.1 Å². The van der Waals surface area contributed by atoms with Crippen LogP contribution in [0.25, 0.3) is 0 Å². The van der Waals surface area contributed by atoms with Crippen molar-refractivity contribution in [2.75, 3.05) is 0 Å². The number of aryl methyl sites for hydroxylation is 2. The van der Waals surface area contributed by atoms with Gasteiger partial charge in [0.15, 0.2) is 5.82 Å². The van der Waals surface area contributed by atoms with Crippen LogP contribution in [0.3, 0.4) is 0 Å². The van der Waals surface area contributed by atoms with Gasteiger partial charge >= 0.3 is 0 Å². The van der Waals surface area contributed by atoms with Gasteiger partial charge in [0.25, 0.3) is 0 Å². The number of nitrogens with zero attached hydrogens (tertiary/aromatic N) is 2. The van der Waals surface area contributed by atoms with Gasteiger partial charge in [-0.05, 0) is 37.1 Å². The third-order valence-corrected chi connectivity index (χ3v) is 2.46. The van der Waals surface area contributed by atoms with Crippen LogP contribution in [0, 0.1) is 19.8 Å². The van der Waals surface area contributed by atoms with Gasteiger partial charge in [0.1, 0.15) is 0 Å². The van der Waals surface area contributed by atoms with E-state index in [9.17, 15) is 4.39 Å². The van der Waals surface area contributed by atoms with E-state index in [-0.39, 0.29) is 0 Å². The molecule has 1 heterocycles. The van der Waals surface area contributed by atoms with Crippen LogP contribution in [0.5, 0.6) is 0 Å².